The summed E-state index contributed by atoms with van der Waals surface area (Å²) in [6, 6.07) is 0. The number of carbonyl (C=O) groups excluding carboxylic acids is 1. The molecule has 0 atom stereocenters. The van der Waals surface area contributed by atoms with E-state index in [0.29, 0.717) is 5.56 Å². The van der Waals surface area contributed by atoms with Gasteiger partial charge in [0, 0.05) is 45.5 Å². The third-order valence-electron chi connectivity index (χ3n) is 3.37. The molecule has 6 nitrogen and oxygen atoms in total. The maximum absolute atomic E-state index is 11.8. The number of aryl methyl sites for hydroxylation is 1. The van der Waals surface area contributed by atoms with Gasteiger partial charge in [-0.1, -0.05) is 0 Å². The van der Waals surface area contributed by atoms with Crippen LogP contribution in [0.4, 0.5) is 0 Å². The largest absolute Gasteiger partial charge is 0.352 e. The smallest absolute Gasteiger partial charge is 0.254 e. The minimum atomic E-state index is -0.0278. The molecule has 0 aromatic carbocycles. The highest BCUT2D eigenvalue weighted by Gasteiger charge is 2.10. The lowest BCUT2D eigenvalue weighted by Gasteiger charge is -2.27. The number of nitrogens with zero attached hydrogens (tertiary/aromatic N) is 3. The zero-order chi connectivity index (χ0) is 13.5. The summed E-state index contributed by atoms with van der Waals surface area (Å²) in [7, 11) is 0. The Balaban J connectivity index is 1.63. The Morgan fingerprint density at radius 1 is 1.47 bits per heavy atom. The van der Waals surface area contributed by atoms with Gasteiger partial charge >= 0.3 is 0 Å². The Morgan fingerprint density at radius 3 is 2.95 bits per heavy atom. The van der Waals surface area contributed by atoms with Crippen molar-refractivity contribution in [1.29, 1.82) is 0 Å². The highest BCUT2D eigenvalue weighted by molar-refractivity contribution is 5.93. The summed E-state index contributed by atoms with van der Waals surface area (Å²) in [6.45, 7) is 8.92. The van der Waals surface area contributed by atoms with Crippen LogP contribution in [-0.2, 0) is 6.54 Å². The van der Waals surface area contributed by atoms with E-state index in [-0.39, 0.29) is 5.91 Å². The molecule has 1 aliphatic rings. The summed E-state index contributed by atoms with van der Waals surface area (Å²) in [4.78, 5) is 14.3. The minimum Gasteiger partial charge on any atom is -0.352 e. The lowest BCUT2D eigenvalue weighted by Crippen LogP contribution is -2.44. The zero-order valence-corrected chi connectivity index (χ0v) is 11.6. The predicted molar refractivity (Wildman–Crippen MR) is 74.2 cm³/mol. The normalized spacial score (nSPS) is 16.5. The van der Waals surface area contributed by atoms with Crippen molar-refractivity contribution in [2.24, 2.45) is 0 Å². The summed E-state index contributed by atoms with van der Waals surface area (Å²) in [6.07, 6.45) is 4.40. The van der Waals surface area contributed by atoms with E-state index in [0.717, 1.165) is 52.2 Å². The van der Waals surface area contributed by atoms with Crippen LogP contribution in [-0.4, -0.2) is 59.9 Å². The van der Waals surface area contributed by atoms with Crippen molar-refractivity contribution in [2.45, 2.75) is 19.9 Å². The Hall–Kier alpha value is -1.40. The maximum atomic E-state index is 11.8. The van der Waals surface area contributed by atoms with Crippen LogP contribution in [0, 0.1) is 0 Å². The molecule has 0 unspecified atom stereocenters. The number of nitrogens with one attached hydrogen (secondary N) is 2. The number of rotatable bonds is 6. The standard InChI is InChI=1S/C13H23N5O/c1-2-18-11-12(10-16-18)13(19)15-4-3-7-17-8-5-14-6-9-17/h10-11,14H,2-9H2,1H3,(H,15,19). The van der Waals surface area contributed by atoms with Crippen molar-refractivity contribution in [3.05, 3.63) is 18.0 Å². The summed E-state index contributed by atoms with van der Waals surface area (Å²) < 4.78 is 1.76. The topological polar surface area (TPSA) is 62.2 Å². The first-order valence-corrected chi connectivity index (χ1v) is 7.03. The van der Waals surface area contributed by atoms with Crippen LogP contribution in [0.25, 0.3) is 0 Å². The minimum absolute atomic E-state index is 0.0278. The van der Waals surface area contributed by atoms with Gasteiger partial charge < -0.3 is 15.5 Å². The number of hydrogen-bond donors (Lipinski definition) is 2. The van der Waals surface area contributed by atoms with E-state index in [4.69, 9.17) is 0 Å². The van der Waals surface area contributed by atoms with Gasteiger partial charge in [-0.2, -0.15) is 5.10 Å². The monoisotopic (exact) mass is 265 g/mol. The van der Waals surface area contributed by atoms with Crippen LogP contribution in [0.15, 0.2) is 12.4 Å². The molecule has 0 radical (unpaired) electrons. The van der Waals surface area contributed by atoms with Gasteiger partial charge in [-0.15, -0.1) is 0 Å². The summed E-state index contributed by atoms with van der Waals surface area (Å²) in [5.41, 5.74) is 0.643. The molecular formula is C13H23N5O. The van der Waals surface area contributed by atoms with E-state index >= 15 is 0 Å². The SMILES string of the molecule is CCn1cc(C(=O)NCCCN2CCNCC2)cn1. The van der Waals surface area contributed by atoms with Gasteiger partial charge in [0.05, 0.1) is 11.8 Å². The Labute approximate surface area is 114 Å². The maximum Gasteiger partial charge on any atom is 0.254 e. The van der Waals surface area contributed by atoms with Crippen molar-refractivity contribution in [2.75, 3.05) is 39.3 Å². The molecule has 1 fully saturated rings. The van der Waals surface area contributed by atoms with Crippen molar-refractivity contribution in [1.82, 2.24) is 25.3 Å². The Morgan fingerprint density at radius 2 is 2.26 bits per heavy atom. The molecule has 19 heavy (non-hydrogen) atoms. The molecule has 1 aromatic heterocycles. The second kappa shape index (κ2) is 7.25. The second-order valence-electron chi connectivity index (χ2n) is 4.79. The molecule has 1 saturated heterocycles. The van der Waals surface area contributed by atoms with E-state index in [2.05, 4.69) is 20.6 Å². The van der Waals surface area contributed by atoms with Crippen molar-refractivity contribution < 1.29 is 4.79 Å². The van der Waals surface area contributed by atoms with E-state index in [1.165, 1.54) is 0 Å². The Bertz CT molecular complexity index is 397. The third-order valence-corrected chi connectivity index (χ3v) is 3.37. The number of piperazine rings is 1. The Kier molecular flexibility index (Phi) is 5.35. The van der Waals surface area contributed by atoms with E-state index < -0.39 is 0 Å². The van der Waals surface area contributed by atoms with Gasteiger partial charge in [-0.05, 0) is 19.9 Å². The molecule has 1 aromatic rings. The molecule has 1 amide bonds. The molecular weight excluding hydrogens is 242 g/mol. The molecule has 106 valence electrons. The summed E-state index contributed by atoms with van der Waals surface area (Å²) in [5, 5.41) is 10.4. The number of carbonyl (C=O) groups is 1. The molecule has 0 bridgehead atoms. The van der Waals surface area contributed by atoms with Crippen molar-refractivity contribution >= 4 is 5.91 Å². The van der Waals surface area contributed by atoms with E-state index in [9.17, 15) is 4.79 Å². The highest BCUT2D eigenvalue weighted by atomic mass is 16.1. The van der Waals surface area contributed by atoms with Crippen LogP contribution in [0.5, 0.6) is 0 Å². The van der Waals surface area contributed by atoms with Gasteiger partial charge in [0.1, 0.15) is 0 Å². The molecule has 0 saturated carbocycles. The van der Waals surface area contributed by atoms with Crippen LogP contribution in [0.1, 0.15) is 23.7 Å². The van der Waals surface area contributed by atoms with E-state index in [1.54, 1.807) is 17.1 Å². The number of hydrogen-bond acceptors (Lipinski definition) is 4. The molecule has 2 N–H and O–H groups in total. The first-order valence-electron chi connectivity index (χ1n) is 7.03. The number of aromatic nitrogens is 2. The van der Waals surface area contributed by atoms with Crippen LogP contribution in [0.2, 0.25) is 0 Å². The zero-order valence-electron chi connectivity index (χ0n) is 11.6. The third kappa shape index (κ3) is 4.33. The summed E-state index contributed by atoms with van der Waals surface area (Å²) in [5.74, 6) is -0.0278. The van der Waals surface area contributed by atoms with E-state index in [1.807, 2.05) is 6.92 Å². The fourth-order valence-electron chi connectivity index (χ4n) is 2.20. The van der Waals surface area contributed by atoms with Crippen LogP contribution < -0.4 is 10.6 Å². The first-order chi connectivity index (χ1) is 9.29. The van der Waals surface area contributed by atoms with Crippen molar-refractivity contribution in [3.8, 4) is 0 Å². The molecule has 2 rings (SSSR count). The van der Waals surface area contributed by atoms with Gasteiger partial charge in [-0.3, -0.25) is 9.48 Å². The summed E-state index contributed by atoms with van der Waals surface area (Å²) >= 11 is 0. The predicted octanol–water partition coefficient (Wildman–Crippen LogP) is -0.0719. The number of amides is 1. The van der Waals surface area contributed by atoms with Gasteiger partial charge in [0.2, 0.25) is 0 Å². The van der Waals surface area contributed by atoms with Gasteiger partial charge in [0.25, 0.3) is 5.91 Å². The fourth-order valence-corrected chi connectivity index (χ4v) is 2.20. The second-order valence-corrected chi connectivity index (χ2v) is 4.79. The quantitative estimate of drug-likeness (QED) is 0.707. The molecule has 2 heterocycles. The highest BCUT2D eigenvalue weighted by Crippen LogP contribution is 1.98. The van der Waals surface area contributed by atoms with Gasteiger partial charge in [-0.25, -0.2) is 0 Å². The lowest BCUT2D eigenvalue weighted by atomic mass is 10.3. The average Bonchev–Trinajstić information content (AvgIpc) is 2.93. The molecule has 1 aliphatic heterocycles. The van der Waals surface area contributed by atoms with Crippen molar-refractivity contribution in [3.63, 3.8) is 0 Å². The average molecular weight is 265 g/mol. The molecule has 0 spiro atoms. The van der Waals surface area contributed by atoms with Crippen LogP contribution >= 0.6 is 0 Å². The first kappa shape index (κ1) is 14.0. The van der Waals surface area contributed by atoms with Gasteiger partial charge in [0.15, 0.2) is 0 Å². The fraction of sp³-hybridized carbons (Fsp3) is 0.692. The lowest BCUT2D eigenvalue weighted by molar-refractivity contribution is 0.0951. The molecule has 6 heteroatoms. The molecule has 0 aliphatic carbocycles. The van der Waals surface area contributed by atoms with Crippen LogP contribution in [0.3, 0.4) is 0 Å².